The summed E-state index contributed by atoms with van der Waals surface area (Å²) in [4.78, 5) is 12.3. The third kappa shape index (κ3) is 5.07. The van der Waals surface area contributed by atoms with Crippen molar-refractivity contribution in [3.8, 4) is 0 Å². The second kappa shape index (κ2) is 9.40. The summed E-state index contributed by atoms with van der Waals surface area (Å²) in [5, 5.41) is 13.1. The number of aliphatic hydroxyl groups is 1. The van der Waals surface area contributed by atoms with Gasteiger partial charge in [-0.2, -0.15) is 4.31 Å². The summed E-state index contributed by atoms with van der Waals surface area (Å²) in [5.74, 6) is -5.94. The Morgan fingerprint density at radius 3 is 2.11 bits per heavy atom. The van der Waals surface area contributed by atoms with E-state index < -0.39 is 44.8 Å². The van der Waals surface area contributed by atoms with E-state index >= 15 is 0 Å². The molecule has 0 spiro atoms. The summed E-state index contributed by atoms with van der Waals surface area (Å²) in [5.41, 5.74) is -1.25. The largest absolute Gasteiger partial charge is 0.385 e. The van der Waals surface area contributed by atoms with Gasteiger partial charge in [0.1, 0.15) is 5.82 Å². The minimum Gasteiger partial charge on any atom is -0.385 e. The second-order valence-electron chi connectivity index (χ2n) is 8.18. The van der Waals surface area contributed by atoms with Gasteiger partial charge in [-0.15, -0.1) is 0 Å². The van der Waals surface area contributed by atoms with Gasteiger partial charge in [-0.25, -0.2) is 26.0 Å². The highest BCUT2D eigenvalue weighted by atomic mass is 32.2. The van der Waals surface area contributed by atoms with Crippen molar-refractivity contribution in [2.75, 3.05) is 18.4 Å². The van der Waals surface area contributed by atoms with E-state index in [-0.39, 0.29) is 42.1 Å². The second-order valence-corrected chi connectivity index (χ2v) is 10.1. The molecule has 1 heterocycles. The molecule has 184 valence electrons. The maximum Gasteiger partial charge on any atom is 0.255 e. The molecule has 1 amide bonds. The minimum atomic E-state index is -4.04. The summed E-state index contributed by atoms with van der Waals surface area (Å²) in [6.45, 7) is -0.0263. The van der Waals surface area contributed by atoms with Crippen molar-refractivity contribution in [1.29, 1.82) is 0 Å². The lowest BCUT2D eigenvalue weighted by Gasteiger charge is -2.37. The van der Waals surface area contributed by atoms with E-state index in [2.05, 4.69) is 5.32 Å². The molecule has 1 aliphatic rings. The molecular formula is C24H20F4N2O4S. The number of sulfonamides is 1. The van der Waals surface area contributed by atoms with E-state index in [1.165, 1.54) is 46.8 Å². The van der Waals surface area contributed by atoms with E-state index in [1.54, 1.807) is 0 Å². The smallest absolute Gasteiger partial charge is 0.255 e. The number of hydrogen-bond donors (Lipinski definition) is 2. The molecule has 0 saturated carbocycles. The van der Waals surface area contributed by atoms with Gasteiger partial charge in [0.15, 0.2) is 17.5 Å². The maximum atomic E-state index is 13.4. The Hall–Kier alpha value is -3.28. The molecule has 1 aliphatic heterocycles. The highest BCUT2D eigenvalue weighted by Gasteiger charge is 2.38. The highest BCUT2D eigenvalue weighted by Crippen LogP contribution is 2.35. The van der Waals surface area contributed by atoms with Crippen molar-refractivity contribution in [3.63, 3.8) is 0 Å². The predicted molar refractivity (Wildman–Crippen MR) is 119 cm³/mol. The first kappa shape index (κ1) is 24.8. The zero-order valence-electron chi connectivity index (χ0n) is 18.1. The third-order valence-electron chi connectivity index (χ3n) is 5.91. The molecule has 0 unspecified atom stereocenters. The number of hydrogen-bond acceptors (Lipinski definition) is 4. The molecular weight excluding hydrogens is 488 g/mol. The predicted octanol–water partition coefficient (Wildman–Crippen LogP) is 4.17. The zero-order valence-corrected chi connectivity index (χ0v) is 19.0. The van der Waals surface area contributed by atoms with Crippen LogP contribution < -0.4 is 5.32 Å². The van der Waals surface area contributed by atoms with Crippen LogP contribution in [0.4, 0.5) is 23.2 Å². The Labute approximate surface area is 198 Å². The quantitative estimate of drug-likeness (QED) is 0.400. The van der Waals surface area contributed by atoms with Gasteiger partial charge in [0, 0.05) is 36.5 Å². The molecule has 35 heavy (non-hydrogen) atoms. The summed E-state index contributed by atoms with van der Waals surface area (Å²) in [6.07, 6.45) is 0.166. The van der Waals surface area contributed by atoms with Crippen molar-refractivity contribution in [2.24, 2.45) is 0 Å². The SMILES string of the molecule is O=C(Nc1cc(F)c(F)c(F)c1)c1cccc(S(=O)(=O)N2CCC(O)(c3ccc(F)cc3)CC2)c1. The molecule has 0 radical (unpaired) electrons. The molecule has 0 aliphatic carbocycles. The molecule has 3 aromatic rings. The lowest BCUT2D eigenvalue weighted by molar-refractivity contribution is -0.00966. The number of carbonyl (C=O) groups is 1. The van der Waals surface area contributed by atoms with Gasteiger partial charge in [0.25, 0.3) is 5.91 Å². The van der Waals surface area contributed by atoms with Crippen molar-refractivity contribution >= 4 is 21.6 Å². The van der Waals surface area contributed by atoms with E-state index in [1.807, 2.05) is 0 Å². The number of amides is 1. The van der Waals surface area contributed by atoms with Crippen molar-refractivity contribution in [1.82, 2.24) is 4.31 Å². The molecule has 11 heteroatoms. The molecule has 3 aromatic carbocycles. The van der Waals surface area contributed by atoms with Crippen molar-refractivity contribution in [3.05, 3.63) is 95.1 Å². The van der Waals surface area contributed by atoms with Crippen LogP contribution in [0, 0.1) is 23.3 Å². The maximum absolute atomic E-state index is 13.4. The van der Waals surface area contributed by atoms with Gasteiger partial charge >= 0.3 is 0 Å². The van der Waals surface area contributed by atoms with Crippen molar-refractivity contribution < 1.29 is 35.9 Å². The topological polar surface area (TPSA) is 86.7 Å². The Balaban J connectivity index is 1.49. The van der Waals surface area contributed by atoms with Gasteiger partial charge in [-0.3, -0.25) is 4.79 Å². The Morgan fingerprint density at radius 1 is 0.914 bits per heavy atom. The number of piperidine rings is 1. The van der Waals surface area contributed by atoms with Crippen LogP contribution in [-0.2, 0) is 15.6 Å². The number of rotatable bonds is 5. The van der Waals surface area contributed by atoms with E-state index in [0.29, 0.717) is 17.7 Å². The molecule has 0 bridgehead atoms. The lowest BCUT2D eigenvalue weighted by atomic mass is 9.85. The van der Waals surface area contributed by atoms with Crippen LogP contribution in [-0.4, -0.2) is 36.8 Å². The fourth-order valence-corrected chi connectivity index (χ4v) is 5.41. The lowest BCUT2D eigenvalue weighted by Crippen LogP contribution is -2.45. The van der Waals surface area contributed by atoms with Gasteiger partial charge in [-0.1, -0.05) is 18.2 Å². The normalized spacial score (nSPS) is 16.1. The van der Waals surface area contributed by atoms with Crippen LogP contribution in [0.3, 0.4) is 0 Å². The Bertz CT molecular complexity index is 1350. The van der Waals surface area contributed by atoms with E-state index in [4.69, 9.17) is 0 Å². The minimum absolute atomic E-state index is 0.0131. The fourth-order valence-electron chi connectivity index (χ4n) is 3.92. The highest BCUT2D eigenvalue weighted by molar-refractivity contribution is 7.89. The van der Waals surface area contributed by atoms with Gasteiger partial charge in [0.05, 0.1) is 10.5 Å². The Kier molecular flexibility index (Phi) is 6.67. The number of nitrogens with one attached hydrogen (secondary N) is 1. The van der Waals surface area contributed by atoms with E-state index in [0.717, 1.165) is 6.07 Å². The van der Waals surface area contributed by atoms with Crippen LogP contribution in [0.25, 0.3) is 0 Å². The summed E-state index contributed by atoms with van der Waals surface area (Å²) in [6, 6.07) is 11.6. The van der Waals surface area contributed by atoms with E-state index in [9.17, 15) is 35.9 Å². The Morgan fingerprint density at radius 2 is 1.51 bits per heavy atom. The van der Waals surface area contributed by atoms with Gasteiger partial charge < -0.3 is 10.4 Å². The summed E-state index contributed by atoms with van der Waals surface area (Å²) >= 11 is 0. The van der Waals surface area contributed by atoms with Crippen LogP contribution in [0.2, 0.25) is 0 Å². The first-order chi connectivity index (χ1) is 16.5. The molecule has 0 atom stereocenters. The number of anilines is 1. The molecule has 4 rings (SSSR count). The number of carbonyl (C=O) groups excluding carboxylic acids is 1. The average Bonchev–Trinajstić information content (AvgIpc) is 2.83. The monoisotopic (exact) mass is 508 g/mol. The van der Waals surface area contributed by atoms with Crippen molar-refractivity contribution in [2.45, 2.75) is 23.3 Å². The average molecular weight is 508 g/mol. The number of benzene rings is 3. The van der Waals surface area contributed by atoms with Crippen LogP contribution in [0.1, 0.15) is 28.8 Å². The van der Waals surface area contributed by atoms with Gasteiger partial charge in [0.2, 0.25) is 10.0 Å². The number of halogens is 4. The van der Waals surface area contributed by atoms with Crippen LogP contribution in [0.15, 0.2) is 65.6 Å². The summed E-state index contributed by atoms with van der Waals surface area (Å²) < 4.78 is 80.7. The number of nitrogens with zero attached hydrogens (tertiary/aromatic N) is 1. The van der Waals surface area contributed by atoms with Crippen LogP contribution >= 0.6 is 0 Å². The first-order valence-electron chi connectivity index (χ1n) is 10.5. The van der Waals surface area contributed by atoms with Crippen LogP contribution in [0.5, 0.6) is 0 Å². The molecule has 0 aromatic heterocycles. The first-order valence-corrected chi connectivity index (χ1v) is 12.0. The molecule has 1 saturated heterocycles. The molecule has 6 nitrogen and oxygen atoms in total. The molecule has 1 fully saturated rings. The molecule has 2 N–H and O–H groups in total. The zero-order chi connectivity index (χ0) is 25.4. The summed E-state index contributed by atoms with van der Waals surface area (Å²) in [7, 11) is -4.04. The fraction of sp³-hybridized carbons (Fsp3) is 0.208. The van der Waals surface area contributed by atoms with Gasteiger partial charge in [-0.05, 0) is 48.7 Å². The third-order valence-corrected chi connectivity index (χ3v) is 7.80. The standard InChI is InChI=1S/C24H20F4N2O4S/c25-17-6-4-16(5-7-17)24(32)8-10-30(11-9-24)35(33,34)19-3-1-2-15(12-19)23(31)29-18-13-20(26)22(28)21(27)14-18/h1-7,12-14,32H,8-11H2,(H,29,31).